The molecule has 0 amide bonds. The number of allylic oxidation sites excluding steroid dienone is 1. The van der Waals surface area contributed by atoms with E-state index in [1.165, 1.54) is 23.9 Å². The maximum absolute atomic E-state index is 13.2. The van der Waals surface area contributed by atoms with E-state index in [1.54, 1.807) is 24.4 Å². The second kappa shape index (κ2) is 7.99. The van der Waals surface area contributed by atoms with Gasteiger partial charge in [0.25, 0.3) is 0 Å². The van der Waals surface area contributed by atoms with Crippen molar-refractivity contribution in [2.75, 3.05) is 26.9 Å². The molecule has 0 unspecified atom stereocenters. The molecular weight excluding hydrogens is 313 g/mol. The van der Waals surface area contributed by atoms with E-state index in [0.717, 1.165) is 11.9 Å². The van der Waals surface area contributed by atoms with E-state index in [2.05, 4.69) is 9.97 Å². The van der Waals surface area contributed by atoms with Crippen molar-refractivity contribution in [1.29, 1.82) is 0 Å². The van der Waals surface area contributed by atoms with Crippen molar-refractivity contribution < 1.29 is 9.18 Å². The van der Waals surface area contributed by atoms with Gasteiger partial charge in [0.05, 0.1) is 5.69 Å². The molecule has 1 aromatic heterocycles. The molecule has 0 saturated carbocycles. The predicted molar refractivity (Wildman–Crippen MR) is 91.6 cm³/mol. The van der Waals surface area contributed by atoms with E-state index < -0.39 is 0 Å². The van der Waals surface area contributed by atoms with Gasteiger partial charge in [0.15, 0.2) is 11.4 Å². The number of thioether (sulfide) groups is 1. The molecule has 1 heterocycles. The van der Waals surface area contributed by atoms with E-state index in [0.29, 0.717) is 28.5 Å². The van der Waals surface area contributed by atoms with E-state index in [1.807, 2.05) is 25.3 Å². The van der Waals surface area contributed by atoms with Gasteiger partial charge in [-0.3, -0.25) is 4.79 Å². The third kappa shape index (κ3) is 4.46. The number of nitrogens with zero attached hydrogens (tertiary/aromatic N) is 3. The van der Waals surface area contributed by atoms with Crippen LogP contribution < -0.4 is 0 Å². The van der Waals surface area contributed by atoms with Crippen LogP contribution >= 0.6 is 11.8 Å². The van der Waals surface area contributed by atoms with Crippen molar-refractivity contribution in [1.82, 2.24) is 14.9 Å². The van der Waals surface area contributed by atoms with Gasteiger partial charge in [-0.1, -0.05) is 23.9 Å². The molecule has 0 atom stereocenters. The number of carbonyl (C=O) groups is 1. The molecule has 0 spiro atoms. The molecule has 6 heteroatoms. The highest BCUT2D eigenvalue weighted by Crippen LogP contribution is 2.25. The fourth-order valence-electron chi connectivity index (χ4n) is 2.17. The first-order valence-corrected chi connectivity index (χ1v) is 8.24. The monoisotopic (exact) mass is 331 g/mol. The zero-order chi connectivity index (χ0) is 16.8. The molecule has 0 saturated heterocycles. The zero-order valence-electron chi connectivity index (χ0n) is 13.3. The second-order valence-corrected chi connectivity index (χ2v) is 5.96. The number of hydrogen-bond acceptors (Lipinski definition) is 5. The summed E-state index contributed by atoms with van der Waals surface area (Å²) in [6.45, 7) is 0.538. The third-order valence-corrected chi connectivity index (χ3v) is 3.76. The quantitative estimate of drug-likeness (QED) is 0.352. The van der Waals surface area contributed by atoms with Crippen LogP contribution in [0.4, 0.5) is 4.39 Å². The summed E-state index contributed by atoms with van der Waals surface area (Å²) in [5, 5.41) is 0.642. The Kier molecular flexibility index (Phi) is 6.01. The van der Waals surface area contributed by atoms with Crippen LogP contribution in [0, 0.1) is 5.82 Å². The Balaban J connectivity index is 2.61. The number of carbonyl (C=O) groups excluding carboxylic acids is 1. The summed E-state index contributed by atoms with van der Waals surface area (Å²) in [7, 11) is 3.84. The highest BCUT2D eigenvalue weighted by molar-refractivity contribution is 7.98. The smallest absolute Gasteiger partial charge is 0.187 e. The van der Waals surface area contributed by atoms with E-state index in [9.17, 15) is 9.18 Å². The largest absolute Gasteiger partial charge is 0.305 e. The van der Waals surface area contributed by atoms with Crippen LogP contribution in [0.1, 0.15) is 11.3 Å². The summed E-state index contributed by atoms with van der Waals surface area (Å²) in [6.07, 6.45) is 4.37. The lowest BCUT2D eigenvalue weighted by Gasteiger charge is -2.16. The number of aldehydes is 1. The molecule has 0 aliphatic heterocycles. The second-order valence-electron chi connectivity index (χ2n) is 5.18. The third-order valence-electron chi connectivity index (χ3n) is 3.20. The van der Waals surface area contributed by atoms with Gasteiger partial charge in [-0.25, -0.2) is 14.4 Å². The van der Waals surface area contributed by atoms with Gasteiger partial charge < -0.3 is 4.90 Å². The van der Waals surface area contributed by atoms with E-state index in [4.69, 9.17) is 0 Å². The Morgan fingerprint density at radius 3 is 2.52 bits per heavy atom. The van der Waals surface area contributed by atoms with Gasteiger partial charge in [-0.15, -0.1) is 0 Å². The molecule has 0 fully saturated rings. The molecule has 4 nitrogen and oxygen atoms in total. The summed E-state index contributed by atoms with van der Waals surface area (Å²) < 4.78 is 13.2. The summed E-state index contributed by atoms with van der Waals surface area (Å²) >= 11 is 1.44. The molecule has 120 valence electrons. The highest BCUT2D eigenvalue weighted by atomic mass is 32.2. The Hall–Kier alpha value is -2.05. The minimum absolute atomic E-state index is 0.333. The topological polar surface area (TPSA) is 46.1 Å². The first-order valence-electron chi connectivity index (χ1n) is 7.01. The van der Waals surface area contributed by atoms with E-state index in [-0.39, 0.29) is 5.82 Å². The number of rotatable bonds is 6. The van der Waals surface area contributed by atoms with Gasteiger partial charge in [0.1, 0.15) is 5.82 Å². The van der Waals surface area contributed by atoms with Crippen molar-refractivity contribution in [3.05, 3.63) is 53.6 Å². The van der Waals surface area contributed by atoms with Crippen molar-refractivity contribution in [2.45, 2.75) is 5.16 Å². The molecule has 23 heavy (non-hydrogen) atoms. The van der Waals surface area contributed by atoms with Crippen LogP contribution in [0.25, 0.3) is 11.1 Å². The Morgan fingerprint density at radius 1 is 1.26 bits per heavy atom. The standard InChI is InChI=1S/C17H18FN3OS/c1-21(2)10-14(16-8-9-19-17(20-16)23-3)15(11-22)12-4-6-13(18)7-5-12/h4-9,11H,10H2,1-3H3. The predicted octanol–water partition coefficient (Wildman–Crippen LogP) is 3.01. The molecule has 1 aromatic carbocycles. The summed E-state index contributed by atoms with van der Waals surface area (Å²) in [6, 6.07) is 7.68. The molecule has 0 aliphatic carbocycles. The minimum Gasteiger partial charge on any atom is -0.305 e. The molecule has 0 radical (unpaired) electrons. The number of benzene rings is 1. The van der Waals surface area contributed by atoms with Crippen molar-refractivity contribution in [3.63, 3.8) is 0 Å². The highest BCUT2D eigenvalue weighted by Gasteiger charge is 2.14. The normalized spacial score (nSPS) is 12.2. The van der Waals surface area contributed by atoms with Gasteiger partial charge in [-0.05, 0) is 44.1 Å². The maximum Gasteiger partial charge on any atom is 0.187 e. The van der Waals surface area contributed by atoms with Crippen LogP contribution in [0.15, 0.2) is 41.7 Å². The SMILES string of the molecule is CSc1nccc(C(CN(C)C)=C(C=O)c2ccc(F)cc2)n1. The molecule has 0 N–H and O–H groups in total. The van der Waals surface area contributed by atoms with Crippen molar-refractivity contribution in [3.8, 4) is 0 Å². The van der Waals surface area contributed by atoms with Gasteiger partial charge in [0, 0.05) is 23.9 Å². The summed E-state index contributed by atoms with van der Waals surface area (Å²) in [4.78, 5) is 22.3. The van der Waals surface area contributed by atoms with Crippen LogP contribution in [0.3, 0.4) is 0 Å². The molecular formula is C17H18FN3OS. The Bertz CT molecular complexity index is 714. The van der Waals surface area contributed by atoms with Gasteiger partial charge in [-0.2, -0.15) is 0 Å². The fraction of sp³-hybridized carbons (Fsp3) is 0.235. The average molecular weight is 331 g/mol. The van der Waals surface area contributed by atoms with Crippen LogP contribution in [0.2, 0.25) is 0 Å². The molecule has 2 aromatic rings. The minimum atomic E-state index is -0.333. The fourth-order valence-corrected chi connectivity index (χ4v) is 2.53. The molecule has 0 bridgehead atoms. The summed E-state index contributed by atoms with van der Waals surface area (Å²) in [5.41, 5.74) is 2.66. The van der Waals surface area contributed by atoms with Crippen LogP contribution in [-0.2, 0) is 4.79 Å². The van der Waals surface area contributed by atoms with Crippen LogP contribution in [-0.4, -0.2) is 48.0 Å². The lowest BCUT2D eigenvalue weighted by Crippen LogP contribution is -2.17. The average Bonchev–Trinajstić information content (AvgIpc) is 2.56. The molecule has 0 aliphatic rings. The van der Waals surface area contributed by atoms with E-state index >= 15 is 0 Å². The zero-order valence-corrected chi connectivity index (χ0v) is 14.1. The number of aromatic nitrogens is 2. The lowest BCUT2D eigenvalue weighted by molar-refractivity contribution is -0.103. The first-order chi connectivity index (χ1) is 11.0. The van der Waals surface area contributed by atoms with Crippen LogP contribution in [0.5, 0.6) is 0 Å². The summed E-state index contributed by atoms with van der Waals surface area (Å²) in [5.74, 6) is -0.333. The molecule has 2 rings (SSSR count). The Labute approximate surface area is 139 Å². The lowest BCUT2D eigenvalue weighted by atomic mass is 9.98. The van der Waals surface area contributed by atoms with Crippen molar-refractivity contribution in [2.24, 2.45) is 0 Å². The number of likely N-dealkylation sites (N-methyl/N-ethyl adjacent to an activating group) is 1. The van der Waals surface area contributed by atoms with Gasteiger partial charge in [0.2, 0.25) is 0 Å². The Morgan fingerprint density at radius 2 is 1.96 bits per heavy atom. The number of hydrogen-bond donors (Lipinski definition) is 0. The maximum atomic E-state index is 13.2. The number of halogens is 1. The van der Waals surface area contributed by atoms with Crippen molar-refractivity contribution >= 4 is 29.2 Å². The first kappa shape index (κ1) is 17.3. The van der Waals surface area contributed by atoms with Gasteiger partial charge >= 0.3 is 0 Å².